The molecule has 1 aliphatic carbocycles. The highest BCUT2D eigenvalue weighted by Gasteiger charge is 2.36. The zero-order chi connectivity index (χ0) is 14.8. The van der Waals surface area contributed by atoms with E-state index in [4.69, 9.17) is 9.47 Å². The van der Waals surface area contributed by atoms with E-state index in [9.17, 15) is 0 Å². The fourth-order valence-electron chi connectivity index (χ4n) is 3.28. The van der Waals surface area contributed by atoms with Crippen LogP contribution < -0.4 is 19.7 Å². The van der Waals surface area contributed by atoms with Crippen molar-refractivity contribution in [2.75, 3.05) is 32.2 Å². The first-order valence-electron chi connectivity index (χ1n) is 7.98. The highest BCUT2D eigenvalue weighted by molar-refractivity contribution is 5.57. The molecule has 0 radical (unpaired) electrons. The molecule has 2 unspecified atom stereocenters. The normalized spacial score (nSPS) is 25.8. The monoisotopic (exact) mass is 290 g/mol. The number of rotatable bonds is 5. The van der Waals surface area contributed by atoms with E-state index >= 15 is 0 Å². The Morgan fingerprint density at radius 2 is 1.81 bits per heavy atom. The third kappa shape index (κ3) is 3.10. The molecule has 0 bridgehead atoms. The molecule has 0 amide bonds. The summed E-state index contributed by atoms with van der Waals surface area (Å²) in [6.45, 7) is 4.41. The zero-order valence-electron chi connectivity index (χ0n) is 13.3. The van der Waals surface area contributed by atoms with Gasteiger partial charge in [0.1, 0.15) is 11.5 Å². The van der Waals surface area contributed by atoms with Crippen LogP contribution in [-0.4, -0.2) is 39.4 Å². The first-order chi connectivity index (χ1) is 10.2. The Balaban J connectivity index is 1.87. The second-order valence-corrected chi connectivity index (χ2v) is 6.14. The van der Waals surface area contributed by atoms with E-state index in [0.717, 1.165) is 36.9 Å². The molecule has 3 rings (SSSR count). The summed E-state index contributed by atoms with van der Waals surface area (Å²) in [6.07, 6.45) is 3.90. The average molecular weight is 290 g/mol. The Labute approximate surface area is 127 Å². The smallest absolute Gasteiger partial charge is 0.124 e. The second kappa shape index (κ2) is 6.14. The summed E-state index contributed by atoms with van der Waals surface area (Å²) in [6, 6.07) is 7.35. The van der Waals surface area contributed by atoms with Crippen molar-refractivity contribution in [2.24, 2.45) is 5.92 Å². The van der Waals surface area contributed by atoms with Gasteiger partial charge in [0.25, 0.3) is 0 Å². The van der Waals surface area contributed by atoms with E-state index in [2.05, 4.69) is 29.3 Å². The van der Waals surface area contributed by atoms with E-state index in [1.165, 1.54) is 18.5 Å². The van der Waals surface area contributed by atoms with Crippen molar-refractivity contribution in [1.82, 2.24) is 5.32 Å². The van der Waals surface area contributed by atoms with Crippen molar-refractivity contribution in [3.05, 3.63) is 18.2 Å². The number of piperazine rings is 1. The molecule has 1 aliphatic heterocycles. The van der Waals surface area contributed by atoms with Crippen LogP contribution in [0.15, 0.2) is 18.2 Å². The van der Waals surface area contributed by atoms with Crippen molar-refractivity contribution in [1.29, 1.82) is 0 Å². The second-order valence-electron chi connectivity index (χ2n) is 6.14. The highest BCUT2D eigenvalue weighted by atomic mass is 16.5. The van der Waals surface area contributed by atoms with Crippen LogP contribution in [0.5, 0.6) is 11.5 Å². The number of hydrogen-bond acceptors (Lipinski definition) is 4. The minimum atomic E-state index is 0.539. The van der Waals surface area contributed by atoms with Gasteiger partial charge in [-0.05, 0) is 25.2 Å². The molecule has 1 heterocycles. The lowest BCUT2D eigenvalue weighted by molar-refractivity contribution is 0.357. The van der Waals surface area contributed by atoms with E-state index in [0.29, 0.717) is 12.1 Å². The predicted octanol–water partition coefficient (Wildman–Crippen LogP) is 2.67. The van der Waals surface area contributed by atoms with Crippen LogP contribution >= 0.6 is 0 Å². The van der Waals surface area contributed by atoms with E-state index < -0.39 is 0 Å². The van der Waals surface area contributed by atoms with Crippen LogP contribution in [0.2, 0.25) is 0 Å². The first-order valence-corrected chi connectivity index (χ1v) is 7.98. The summed E-state index contributed by atoms with van der Waals surface area (Å²) < 4.78 is 10.8. The lowest BCUT2D eigenvalue weighted by atomic mass is 10.0. The van der Waals surface area contributed by atoms with Crippen molar-refractivity contribution in [3.63, 3.8) is 0 Å². The Hall–Kier alpha value is -1.42. The fraction of sp³-hybridized carbons (Fsp3) is 0.647. The molecule has 4 heteroatoms. The predicted molar refractivity (Wildman–Crippen MR) is 85.5 cm³/mol. The molecule has 0 aromatic heterocycles. The van der Waals surface area contributed by atoms with Crippen LogP contribution in [0.4, 0.5) is 5.69 Å². The molecule has 2 atom stereocenters. The Morgan fingerprint density at radius 1 is 1.14 bits per heavy atom. The van der Waals surface area contributed by atoms with Gasteiger partial charge in [-0.2, -0.15) is 0 Å². The lowest BCUT2D eigenvalue weighted by Gasteiger charge is -2.42. The Morgan fingerprint density at radius 3 is 2.33 bits per heavy atom. The maximum absolute atomic E-state index is 5.42. The molecule has 1 saturated heterocycles. The summed E-state index contributed by atoms with van der Waals surface area (Å²) in [7, 11) is 3.42. The standard InChI is InChI=1S/C17H26N2O2/c1-4-13-10-18-17(12-5-6-12)11-19(13)14-7-15(20-2)9-16(8-14)21-3/h7-9,12-13,17-18H,4-6,10-11H2,1-3H3. The third-order valence-corrected chi connectivity index (χ3v) is 4.78. The summed E-state index contributed by atoms with van der Waals surface area (Å²) >= 11 is 0. The van der Waals surface area contributed by atoms with Gasteiger partial charge in [0, 0.05) is 49.1 Å². The largest absolute Gasteiger partial charge is 0.497 e. The molecule has 0 spiro atoms. The number of nitrogens with zero attached hydrogens (tertiary/aromatic N) is 1. The molecule has 1 N–H and O–H groups in total. The van der Waals surface area contributed by atoms with E-state index in [-0.39, 0.29) is 0 Å². The van der Waals surface area contributed by atoms with Crippen molar-refractivity contribution >= 4 is 5.69 Å². The number of methoxy groups -OCH3 is 2. The van der Waals surface area contributed by atoms with Gasteiger partial charge >= 0.3 is 0 Å². The van der Waals surface area contributed by atoms with E-state index in [1.54, 1.807) is 14.2 Å². The Kier molecular flexibility index (Phi) is 4.24. The topological polar surface area (TPSA) is 33.7 Å². The average Bonchev–Trinajstić information content (AvgIpc) is 3.38. The van der Waals surface area contributed by atoms with Crippen LogP contribution in [0.3, 0.4) is 0 Å². The lowest BCUT2D eigenvalue weighted by Crippen LogP contribution is -2.57. The maximum atomic E-state index is 5.42. The summed E-state index contributed by atoms with van der Waals surface area (Å²) in [5.74, 6) is 2.60. The van der Waals surface area contributed by atoms with Crippen molar-refractivity contribution in [2.45, 2.75) is 38.3 Å². The van der Waals surface area contributed by atoms with Gasteiger partial charge < -0.3 is 19.7 Å². The number of nitrogens with one attached hydrogen (secondary N) is 1. The van der Waals surface area contributed by atoms with Gasteiger partial charge in [-0.3, -0.25) is 0 Å². The highest BCUT2D eigenvalue weighted by Crippen LogP contribution is 2.37. The molecule has 21 heavy (non-hydrogen) atoms. The molecule has 2 fully saturated rings. The molecule has 1 saturated carbocycles. The van der Waals surface area contributed by atoms with Crippen LogP contribution in [0, 0.1) is 5.92 Å². The zero-order valence-corrected chi connectivity index (χ0v) is 13.3. The van der Waals surface area contributed by atoms with Gasteiger partial charge in [-0.1, -0.05) is 6.92 Å². The van der Waals surface area contributed by atoms with Gasteiger partial charge in [0.2, 0.25) is 0 Å². The molecule has 1 aromatic carbocycles. The number of anilines is 1. The van der Waals surface area contributed by atoms with E-state index in [1.807, 2.05) is 6.07 Å². The van der Waals surface area contributed by atoms with Crippen molar-refractivity contribution < 1.29 is 9.47 Å². The summed E-state index contributed by atoms with van der Waals surface area (Å²) in [4.78, 5) is 2.53. The molecule has 4 nitrogen and oxygen atoms in total. The molecule has 2 aliphatic rings. The minimum Gasteiger partial charge on any atom is -0.497 e. The fourth-order valence-corrected chi connectivity index (χ4v) is 3.28. The van der Waals surface area contributed by atoms with Crippen LogP contribution in [-0.2, 0) is 0 Å². The Bertz CT molecular complexity index is 465. The number of hydrogen-bond donors (Lipinski definition) is 1. The summed E-state index contributed by atoms with van der Waals surface area (Å²) in [5.41, 5.74) is 1.21. The maximum Gasteiger partial charge on any atom is 0.124 e. The molecular weight excluding hydrogens is 264 g/mol. The number of benzene rings is 1. The number of ether oxygens (including phenoxy) is 2. The quantitative estimate of drug-likeness (QED) is 0.904. The van der Waals surface area contributed by atoms with Gasteiger partial charge in [-0.15, -0.1) is 0 Å². The third-order valence-electron chi connectivity index (χ3n) is 4.78. The van der Waals surface area contributed by atoms with Crippen LogP contribution in [0.25, 0.3) is 0 Å². The molecule has 1 aromatic rings. The summed E-state index contributed by atoms with van der Waals surface area (Å²) in [5, 5.41) is 3.73. The minimum absolute atomic E-state index is 0.539. The first kappa shape index (κ1) is 14.5. The van der Waals surface area contributed by atoms with Crippen LogP contribution in [0.1, 0.15) is 26.2 Å². The van der Waals surface area contributed by atoms with Gasteiger partial charge in [0.05, 0.1) is 14.2 Å². The van der Waals surface area contributed by atoms with Crippen molar-refractivity contribution in [3.8, 4) is 11.5 Å². The molecular formula is C17H26N2O2. The van der Waals surface area contributed by atoms with Gasteiger partial charge in [0.15, 0.2) is 0 Å². The van der Waals surface area contributed by atoms with Gasteiger partial charge in [-0.25, -0.2) is 0 Å². The SMILES string of the molecule is CCC1CNC(C2CC2)CN1c1cc(OC)cc(OC)c1. The molecule has 116 valence electrons.